The lowest BCUT2D eigenvalue weighted by molar-refractivity contribution is -0.118. The Labute approximate surface area is 92.9 Å². The molecule has 1 aliphatic carbocycles. The first kappa shape index (κ1) is 12.0. The maximum absolute atomic E-state index is 11.4. The Morgan fingerprint density at radius 1 is 0.933 bits per heavy atom. The van der Waals surface area contributed by atoms with Crippen molar-refractivity contribution in [1.29, 1.82) is 0 Å². The molecule has 82 valence electrons. The summed E-state index contributed by atoms with van der Waals surface area (Å²) < 4.78 is 0. The van der Waals surface area contributed by atoms with Gasteiger partial charge in [-0.05, 0) is 19.3 Å². The van der Waals surface area contributed by atoms with E-state index in [1.54, 1.807) is 0 Å². The fraction of sp³-hybridized carbons (Fsp3) is 0.643. The van der Waals surface area contributed by atoms with Gasteiger partial charge in [-0.15, -0.1) is 11.8 Å². The van der Waals surface area contributed by atoms with Crippen LogP contribution in [0, 0.1) is 11.8 Å². The summed E-state index contributed by atoms with van der Waals surface area (Å²) in [6.07, 6.45) is 13.0. The number of hydrogen-bond donors (Lipinski definition) is 0. The van der Waals surface area contributed by atoms with E-state index in [4.69, 9.17) is 0 Å². The highest BCUT2D eigenvalue weighted by Gasteiger charge is 1.98. The monoisotopic (exact) mass is 204 g/mol. The number of rotatable bonds is 0. The summed E-state index contributed by atoms with van der Waals surface area (Å²) in [5.41, 5.74) is 0. The van der Waals surface area contributed by atoms with Crippen LogP contribution < -0.4 is 0 Å². The number of carbonyl (C=O) groups is 1. The molecule has 1 nitrogen and oxygen atoms in total. The molecule has 1 rings (SSSR count). The van der Waals surface area contributed by atoms with Gasteiger partial charge in [0, 0.05) is 25.7 Å². The Balaban J connectivity index is 2.32. The molecule has 0 aromatic rings. The second-order valence-corrected chi connectivity index (χ2v) is 4.02. The predicted octanol–water partition coefficient (Wildman–Crippen LogP) is 3.64. The standard InChI is InChI=1S/C14H20O/c15-14-12-10-8-6-4-2-1-3-5-7-9-11-13-14/h9,11H,2,4-8,10,12-13H2/b11-9-. The highest BCUT2D eigenvalue weighted by atomic mass is 16.1. The number of hydrogen-bond acceptors (Lipinski definition) is 1. The molecular formula is C14H20O. The van der Waals surface area contributed by atoms with Crippen molar-refractivity contribution in [3.8, 4) is 11.8 Å². The molecule has 0 spiro atoms. The molecule has 1 aliphatic rings. The average Bonchev–Trinajstić information content (AvgIpc) is 2.24. The van der Waals surface area contributed by atoms with Crippen LogP contribution >= 0.6 is 0 Å². The molecule has 0 unspecified atom stereocenters. The lowest BCUT2D eigenvalue weighted by Crippen LogP contribution is -1.95. The van der Waals surface area contributed by atoms with Gasteiger partial charge in [-0.25, -0.2) is 0 Å². The van der Waals surface area contributed by atoms with Crippen LogP contribution in [0.1, 0.15) is 57.8 Å². The summed E-state index contributed by atoms with van der Waals surface area (Å²) in [7, 11) is 0. The van der Waals surface area contributed by atoms with E-state index in [9.17, 15) is 4.79 Å². The third kappa shape index (κ3) is 6.96. The van der Waals surface area contributed by atoms with Crippen molar-refractivity contribution in [3.63, 3.8) is 0 Å². The van der Waals surface area contributed by atoms with E-state index in [0.717, 1.165) is 32.1 Å². The number of allylic oxidation sites excluding steroid dienone is 2. The Bertz CT molecular complexity index is 265. The molecule has 0 heterocycles. The molecule has 1 heteroatoms. The molecule has 0 saturated carbocycles. The van der Waals surface area contributed by atoms with Crippen molar-refractivity contribution in [2.75, 3.05) is 0 Å². The summed E-state index contributed by atoms with van der Waals surface area (Å²) in [6, 6.07) is 0. The zero-order chi connectivity index (χ0) is 10.8. The van der Waals surface area contributed by atoms with Gasteiger partial charge in [0.2, 0.25) is 0 Å². The Kier molecular flexibility index (Phi) is 6.66. The van der Waals surface area contributed by atoms with Gasteiger partial charge in [-0.2, -0.15) is 0 Å². The maximum atomic E-state index is 11.4. The van der Waals surface area contributed by atoms with Crippen molar-refractivity contribution in [2.24, 2.45) is 0 Å². The van der Waals surface area contributed by atoms with E-state index in [0.29, 0.717) is 12.2 Å². The number of Topliss-reactive ketones (excluding diaryl/α,β-unsaturated/α-hetero) is 1. The molecule has 0 aliphatic heterocycles. The quantitative estimate of drug-likeness (QED) is 0.435. The SMILES string of the molecule is O=C1C/C=C\CCC#CCCCCCC1. The second-order valence-electron chi connectivity index (χ2n) is 4.02. The molecule has 0 saturated heterocycles. The van der Waals surface area contributed by atoms with Gasteiger partial charge < -0.3 is 0 Å². The third-order valence-corrected chi connectivity index (χ3v) is 2.58. The smallest absolute Gasteiger partial charge is 0.136 e. The van der Waals surface area contributed by atoms with Crippen molar-refractivity contribution in [1.82, 2.24) is 0 Å². The Hall–Kier alpha value is -1.03. The number of ketones is 1. The minimum absolute atomic E-state index is 0.384. The fourth-order valence-corrected chi connectivity index (χ4v) is 1.66. The summed E-state index contributed by atoms with van der Waals surface area (Å²) in [5.74, 6) is 6.75. The van der Waals surface area contributed by atoms with Gasteiger partial charge in [-0.1, -0.05) is 25.0 Å². The molecule has 0 aromatic heterocycles. The topological polar surface area (TPSA) is 17.1 Å². The van der Waals surface area contributed by atoms with Crippen LogP contribution in [-0.4, -0.2) is 5.78 Å². The summed E-state index contributed by atoms with van der Waals surface area (Å²) in [6.45, 7) is 0. The molecule has 0 N–H and O–H groups in total. The Morgan fingerprint density at radius 2 is 1.73 bits per heavy atom. The largest absolute Gasteiger partial charge is 0.299 e. The van der Waals surface area contributed by atoms with Crippen molar-refractivity contribution < 1.29 is 4.79 Å². The van der Waals surface area contributed by atoms with Gasteiger partial charge in [0.25, 0.3) is 0 Å². The van der Waals surface area contributed by atoms with Crippen molar-refractivity contribution in [3.05, 3.63) is 12.2 Å². The summed E-state index contributed by atoms with van der Waals surface area (Å²) in [4.78, 5) is 11.4. The average molecular weight is 204 g/mol. The van der Waals surface area contributed by atoms with E-state index < -0.39 is 0 Å². The van der Waals surface area contributed by atoms with Gasteiger partial charge in [0.05, 0.1) is 0 Å². The first-order valence-electron chi connectivity index (χ1n) is 6.02. The summed E-state index contributed by atoms with van der Waals surface area (Å²) in [5, 5.41) is 0. The van der Waals surface area contributed by atoms with Crippen molar-refractivity contribution >= 4 is 5.78 Å². The van der Waals surface area contributed by atoms with E-state index in [2.05, 4.69) is 17.9 Å². The van der Waals surface area contributed by atoms with Crippen LogP contribution in [0.15, 0.2) is 12.2 Å². The zero-order valence-electron chi connectivity index (χ0n) is 9.43. The summed E-state index contributed by atoms with van der Waals surface area (Å²) >= 11 is 0. The predicted molar refractivity (Wildman–Crippen MR) is 63.5 cm³/mol. The van der Waals surface area contributed by atoms with Gasteiger partial charge >= 0.3 is 0 Å². The molecule has 0 radical (unpaired) electrons. The van der Waals surface area contributed by atoms with E-state index in [1.807, 2.05) is 6.08 Å². The fourth-order valence-electron chi connectivity index (χ4n) is 1.66. The van der Waals surface area contributed by atoms with Gasteiger partial charge in [0.15, 0.2) is 0 Å². The minimum Gasteiger partial charge on any atom is -0.299 e. The molecule has 0 amide bonds. The Morgan fingerprint density at radius 3 is 2.67 bits per heavy atom. The van der Waals surface area contributed by atoms with E-state index in [1.165, 1.54) is 19.3 Å². The molecule has 0 bridgehead atoms. The highest BCUT2D eigenvalue weighted by molar-refractivity contribution is 5.79. The highest BCUT2D eigenvalue weighted by Crippen LogP contribution is 2.07. The molecular weight excluding hydrogens is 184 g/mol. The zero-order valence-corrected chi connectivity index (χ0v) is 9.43. The maximum Gasteiger partial charge on any atom is 0.136 e. The van der Waals surface area contributed by atoms with Crippen molar-refractivity contribution in [2.45, 2.75) is 57.8 Å². The van der Waals surface area contributed by atoms with Crippen LogP contribution in [0.5, 0.6) is 0 Å². The van der Waals surface area contributed by atoms with E-state index in [-0.39, 0.29) is 0 Å². The third-order valence-electron chi connectivity index (χ3n) is 2.58. The molecule has 0 aromatic carbocycles. The van der Waals surface area contributed by atoms with Crippen LogP contribution in [0.4, 0.5) is 0 Å². The lowest BCUT2D eigenvalue weighted by Gasteiger charge is -1.99. The first-order chi connectivity index (χ1) is 7.39. The van der Waals surface area contributed by atoms with Gasteiger partial charge in [-0.3, -0.25) is 4.79 Å². The normalized spacial score (nSPS) is 22.3. The van der Waals surface area contributed by atoms with Crippen LogP contribution in [0.25, 0.3) is 0 Å². The second kappa shape index (κ2) is 8.29. The van der Waals surface area contributed by atoms with Gasteiger partial charge in [0.1, 0.15) is 5.78 Å². The minimum atomic E-state index is 0.384. The molecule has 0 atom stereocenters. The molecule has 0 fully saturated rings. The van der Waals surface area contributed by atoms with Crippen LogP contribution in [0.2, 0.25) is 0 Å². The van der Waals surface area contributed by atoms with E-state index >= 15 is 0 Å². The van der Waals surface area contributed by atoms with Crippen LogP contribution in [-0.2, 0) is 4.79 Å². The van der Waals surface area contributed by atoms with Crippen LogP contribution in [0.3, 0.4) is 0 Å². The molecule has 15 heavy (non-hydrogen) atoms. The lowest BCUT2D eigenvalue weighted by atomic mass is 10.1. The first-order valence-corrected chi connectivity index (χ1v) is 6.02. The number of carbonyl (C=O) groups excluding carboxylic acids is 1.